The van der Waals surface area contributed by atoms with Gasteiger partial charge in [-0.3, -0.25) is 4.79 Å². The highest BCUT2D eigenvalue weighted by atomic mass is 35.5. The molecule has 0 aromatic heterocycles. The summed E-state index contributed by atoms with van der Waals surface area (Å²) in [4.78, 5) is 10.1. The van der Waals surface area contributed by atoms with Crippen LogP contribution in [0.5, 0.6) is 0 Å². The van der Waals surface area contributed by atoms with Crippen LogP contribution in [0.25, 0.3) is 0 Å². The average Bonchev–Trinajstić information content (AvgIpc) is 2.21. The summed E-state index contributed by atoms with van der Waals surface area (Å²) in [6.07, 6.45) is 1.51. The molecule has 0 fully saturated rings. The Balaban J connectivity index is 0.000000292. The van der Waals surface area contributed by atoms with Crippen molar-refractivity contribution in [3.8, 4) is 0 Å². The predicted molar refractivity (Wildman–Crippen MR) is 57.6 cm³/mol. The first kappa shape index (κ1) is 13.1. The third kappa shape index (κ3) is 6.60. The summed E-state index contributed by atoms with van der Waals surface area (Å²) in [6, 6.07) is 6.72. The van der Waals surface area contributed by atoms with E-state index in [1.165, 1.54) is 0 Å². The maximum absolute atomic E-state index is 10.1. The van der Waals surface area contributed by atoms with Gasteiger partial charge >= 0.3 is 0 Å². The number of aliphatic hydroxyl groups is 1. The van der Waals surface area contributed by atoms with Gasteiger partial charge in [0, 0.05) is 17.2 Å². The van der Waals surface area contributed by atoms with Crippen molar-refractivity contribution in [2.45, 2.75) is 6.42 Å². The fourth-order valence-corrected chi connectivity index (χ4v) is 0.759. The number of hydrogen-bond acceptors (Lipinski definition) is 3. The molecular formula is C10H14ClNO2. The highest BCUT2D eigenvalue weighted by Gasteiger charge is 1.86. The Labute approximate surface area is 88.5 Å². The maximum Gasteiger partial charge on any atom is 0.150 e. The van der Waals surface area contributed by atoms with Gasteiger partial charge in [-0.15, -0.1) is 0 Å². The molecule has 1 rings (SSSR count). The second-order valence-electron chi connectivity index (χ2n) is 2.54. The number of carbonyl (C=O) groups excluding carboxylic acids is 1. The van der Waals surface area contributed by atoms with E-state index in [-0.39, 0.29) is 6.61 Å². The largest absolute Gasteiger partial charge is 0.396 e. The van der Waals surface area contributed by atoms with Gasteiger partial charge in [-0.25, -0.2) is 0 Å². The van der Waals surface area contributed by atoms with E-state index in [1.54, 1.807) is 24.3 Å². The predicted octanol–water partition coefficient (Wildman–Crippen LogP) is 1.48. The minimum Gasteiger partial charge on any atom is -0.396 e. The number of carbonyl (C=O) groups is 1. The highest BCUT2D eigenvalue weighted by Crippen LogP contribution is 2.07. The molecule has 0 spiro atoms. The van der Waals surface area contributed by atoms with Crippen molar-refractivity contribution in [2.24, 2.45) is 5.73 Å². The number of aldehydes is 1. The van der Waals surface area contributed by atoms with Crippen molar-refractivity contribution in [1.29, 1.82) is 0 Å². The van der Waals surface area contributed by atoms with Crippen molar-refractivity contribution in [3.63, 3.8) is 0 Å². The molecule has 1 aromatic rings. The van der Waals surface area contributed by atoms with Crippen LogP contribution in [0.1, 0.15) is 16.8 Å². The van der Waals surface area contributed by atoms with E-state index in [1.807, 2.05) is 0 Å². The first-order valence-electron chi connectivity index (χ1n) is 4.26. The molecule has 0 radical (unpaired) electrons. The van der Waals surface area contributed by atoms with E-state index in [9.17, 15) is 4.79 Å². The Morgan fingerprint density at radius 1 is 1.36 bits per heavy atom. The molecule has 0 aliphatic rings. The molecule has 14 heavy (non-hydrogen) atoms. The summed E-state index contributed by atoms with van der Waals surface area (Å²) in [5, 5.41) is 8.64. The molecule has 0 atom stereocenters. The molecule has 0 aliphatic carbocycles. The molecule has 78 valence electrons. The molecular weight excluding hydrogens is 202 g/mol. The maximum atomic E-state index is 10.1. The number of rotatable bonds is 3. The smallest absolute Gasteiger partial charge is 0.150 e. The molecule has 0 saturated carbocycles. The Hall–Kier alpha value is -0.900. The zero-order valence-corrected chi connectivity index (χ0v) is 8.57. The Morgan fingerprint density at radius 3 is 2.21 bits per heavy atom. The van der Waals surface area contributed by atoms with Crippen LogP contribution in [-0.4, -0.2) is 24.5 Å². The van der Waals surface area contributed by atoms with Crippen LogP contribution in [0.2, 0.25) is 5.02 Å². The van der Waals surface area contributed by atoms with E-state index in [2.05, 4.69) is 0 Å². The number of benzene rings is 1. The fourth-order valence-electron chi connectivity index (χ4n) is 0.633. The molecule has 3 nitrogen and oxygen atoms in total. The van der Waals surface area contributed by atoms with Gasteiger partial charge in [0.1, 0.15) is 6.29 Å². The topological polar surface area (TPSA) is 63.3 Å². The molecule has 3 N–H and O–H groups in total. The lowest BCUT2D eigenvalue weighted by Gasteiger charge is -1.87. The number of aliphatic hydroxyl groups excluding tert-OH is 1. The van der Waals surface area contributed by atoms with Crippen LogP contribution < -0.4 is 5.73 Å². The summed E-state index contributed by atoms with van der Waals surface area (Å²) in [7, 11) is 0. The van der Waals surface area contributed by atoms with Crippen LogP contribution in [0.3, 0.4) is 0 Å². The minimum atomic E-state index is 0.219. The Kier molecular flexibility index (Phi) is 8.13. The van der Waals surface area contributed by atoms with Crippen LogP contribution in [-0.2, 0) is 0 Å². The van der Waals surface area contributed by atoms with Gasteiger partial charge in [0.2, 0.25) is 0 Å². The van der Waals surface area contributed by atoms with Crippen LogP contribution in [0.15, 0.2) is 24.3 Å². The highest BCUT2D eigenvalue weighted by molar-refractivity contribution is 6.30. The lowest BCUT2D eigenvalue weighted by atomic mass is 10.2. The van der Waals surface area contributed by atoms with Gasteiger partial charge in [0.05, 0.1) is 0 Å². The van der Waals surface area contributed by atoms with E-state index < -0.39 is 0 Å². The number of halogens is 1. The molecule has 4 heteroatoms. The van der Waals surface area contributed by atoms with Gasteiger partial charge in [0.25, 0.3) is 0 Å². The summed E-state index contributed by atoms with van der Waals surface area (Å²) >= 11 is 5.55. The van der Waals surface area contributed by atoms with Crippen LogP contribution in [0, 0.1) is 0 Å². The van der Waals surface area contributed by atoms with Crippen molar-refractivity contribution >= 4 is 17.9 Å². The van der Waals surface area contributed by atoms with Crippen molar-refractivity contribution < 1.29 is 9.90 Å². The molecule has 0 bridgehead atoms. The summed E-state index contributed by atoms with van der Waals surface area (Å²) < 4.78 is 0. The molecule has 0 saturated heterocycles. The van der Waals surface area contributed by atoms with Crippen molar-refractivity contribution in [1.82, 2.24) is 0 Å². The van der Waals surface area contributed by atoms with E-state index >= 15 is 0 Å². The van der Waals surface area contributed by atoms with E-state index in [0.29, 0.717) is 17.1 Å². The quantitative estimate of drug-likeness (QED) is 0.751. The second kappa shape index (κ2) is 8.69. The standard InChI is InChI=1S/C7H5ClO.C3H9NO/c8-7-3-1-6(5-9)2-4-7;4-2-1-3-5/h1-5H;5H,1-4H2. The third-order valence-electron chi connectivity index (χ3n) is 1.37. The fraction of sp³-hybridized carbons (Fsp3) is 0.300. The molecule has 1 aromatic carbocycles. The summed E-state index contributed by atoms with van der Waals surface area (Å²) in [6.45, 7) is 0.812. The van der Waals surface area contributed by atoms with Gasteiger partial charge in [-0.2, -0.15) is 0 Å². The van der Waals surface area contributed by atoms with E-state index in [0.717, 1.165) is 12.7 Å². The zero-order valence-electron chi connectivity index (χ0n) is 7.82. The van der Waals surface area contributed by atoms with Gasteiger partial charge < -0.3 is 10.8 Å². The zero-order chi connectivity index (χ0) is 10.8. The lowest BCUT2D eigenvalue weighted by molar-refractivity contribution is 0.112. The first-order valence-corrected chi connectivity index (χ1v) is 4.64. The Bertz CT molecular complexity index is 247. The van der Waals surface area contributed by atoms with Gasteiger partial charge in [-0.1, -0.05) is 23.7 Å². The van der Waals surface area contributed by atoms with E-state index in [4.69, 9.17) is 22.4 Å². The normalized spacial score (nSPS) is 8.79. The van der Waals surface area contributed by atoms with Crippen LogP contribution >= 0.6 is 11.6 Å². The van der Waals surface area contributed by atoms with Crippen LogP contribution in [0.4, 0.5) is 0 Å². The van der Waals surface area contributed by atoms with Crippen molar-refractivity contribution in [3.05, 3.63) is 34.9 Å². The molecule has 0 unspecified atom stereocenters. The summed E-state index contributed by atoms with van der Waals surface area (Å²) in [5.41, 5.74) is 5.63. The SMILES string of the molecule is NCCCO.O=Cc1ccc(Cl)cc1. The minimum absolute atomic E-state index is 0.219. The van der Waals surface area contributed by atoms with Gasteiger partial charge in [0.15, 0.2) is 0 Å². The van der Waals surface area contributed by atoms with Gasteiger partial charge in [-0.05, 0) is 25.1 Å². The lowest BCUT2D eigenvalue weighted by Crippen LogP contribution is -1.99. The molecule has 0 amide bonds. The number of nitrogens with two attached hydrogens (primary N) is 1. The number of hydrogen-bond donors (Lipinski definition) is 2. The molecule has 0 aliphatic heterocycles. The summed E-state index contributed by atoms with van der Waals surface area (Å²) in [5.74, 6) is 0. The van der Waals surface area contributed by atoms with Crippen molar-refractivity contribution in [2.75, 3.05) is 13.2 Å². The third-order valence-corrected chi connectivity index (χ3v) is 1.62. The second-order valence-corrected chi connectivity index (χ2v) is 2.97. The molecule has 0 heterocycles. The Morgan fingerprint density at radius 2 is 1.93 bits per heavy atom. The first-order chi connectivity index (χ1) is 6.74. The monoisotopic (exact) mass is 215 g/mol. The average molecular weight is 216 g/mol.